The minimum atomic E-state index is -0.220. The second-order valence-electron chi connectivity index (χ2n) is 6.22. The molecular weight excluding hydrogens is 248 g/mol. The number of rotatable bonds is 3. The summed E-state index contributed by atoms with van der Waals surface area (Å²) in [6, 6.07) is 6.63. The van der Waals surface area contributed by atoms with E-state index in [1.54, 1.807) is 0 Å². The number of aromatic nitrogens is 1. The third-order valence-electron chi connectivity index (χ3n) is 4.42. The predicted octanol–water partition coefficient (Wildman–Crippen LogP) is 3.04. The van der Waals surface area contributed by atoms with Crippen LogP contribution >= 0.6 is 0 Å². The highest BCUT2D eigenvalue weighted by atomic mass is 16.3. The van der Waals surface area contributed by atoms with Crippen LogP contribution in [-0.2, 0) is 0 Å². The van der Waals surface area contributed by atoms with E-state index in [1.807, 2.05) is 6.92 Å². The van der Waals surface area contributed by atoms with Gasteiger partial charge in [-0.05, 0) is 63.4 Å². The van der Waals surface area contributed by atoms with Gasteiger partial charge in [0.15, 0.2) is 0 Å². The highest BCUT2D eigenvalue weighted by Crippen LogP contribution is 2.33. The Bertz CT molecular complexity index is 580. The highest BCUT2D eigenvalue weighted by molar-refractivity contribution is 5.84. The zero-order chi connectivity index (χ0) is 14.1. The van der Waals surface area contributed by atoms with Crippen molar-refractivity contribution in [3.05, 3.63) is 35.5 Å². The van der Waals surface area contributed by atoms with Crippen LogP contribution in [0.4, 0.5) is 0 Å². The molecule has 1 aliphatic rings. The number of hydrogen-bond acceptors (Lipinski definition) is 2. The number of H-pyrrole nitrogens is 1. The maximum absolute atomic E-state index is 9.48. The maximum atomic E-state index is 9.48. The number of hydrogen-bond donors (Lipinski definition) is 2. The Morgan fingerprint density at radius 1 is 1.35 bits per heavy atom. The molecule has 0 saturated carbocycles. The Hall–Kier alpha value is -1.32. The Labute approximate surface area is 120 Å². The van der Waals surface area contributed by atoms with Gasteiger partial charge < -0.3 is 15.0 Å². The van der Waals surface area contributed by atoms with Crippen molar-refractivity contribution in [1.82, 2.24) is 9.88 Å². The molecule has 0 radical (unpaired) electrons. The molecule has 108 valence electrons. The van der Waals surface area contributed by atoms with Gasteiger partial charge in [-0.3, -0.25) is 0 Å². The number of aliphatic hydroxyl groups is 1. The van der Waals surface area contributed by atoms with Crippen molar-refractivity contribution < 1.29 is 5.11 Å². The van der Waals surface area contributed by atoms with Crippen LogP contribution in [0.2, 0.25) is 0 Å². The largest absolute Gasteiger partial charge is 0.392 e. The Balaban J connectivity index is 1.75. The van der Waals surface area contributed by atoms with E-state index < -0.39 is 0 Å². The lowest BCUT2D eigenvalue weighted by Crippen LogP contribution is -2.37. The van der Waals surface area contributed by atoms with Gasteiger partial charge in [-0.25, -0.2) is 0 Å². The minimum Gasteiger partial charge on any atom is -0.392 e. The van der Waals surface area contributed by atoms with Gasteiger partial charge >= 0.3 is 0 Å². The maximum Gasteiger partial charge on any atom is 0.0639 e. The van der Waals surface area contributed by atoms with E-state index in [1.165, 1.54) is 34.9 Å². The molecule has 2 heterocycles. The topological polar surface area (TPSA) is 39.3 Å². The lowest BCUT2D eigenvalue weighted by molar-refractivity contribution is 0.109. The van der Waals surface area contributed by atoms with Crippen molar-refractivity contribution in [3.8, 4) is 0 Å². The SMILES string of the molecule is Cc1ccc2[nH]cc(C3CCN(CC(C)O)CC3)c2c1. The Morgan fingerprint density at radius 2 is 2.10 bits per heavy atom. The quantitative estimate of drug-likeness (QED) is 0.901. The van der Waals surface area contributed by atoms with Gasteiger partial charge in [0, 0.05) is 23.6 Å². The molecule has 1 fully saturated rings. The van der Waals surface area contributed by atoms with Crippen LogP contribution in [-0.4, -0.2) is 40.7 Å². The minimum absolute atomic E-state index is 0.220. The van der Waals surface area contributed by atoms with Gasteiger partial charge in [-0.1, -0.05) is 11.6 Å². The van der Waals surface area contributed by atoms with Crippen molar-refractivity contribution in [1.29, 1.82) is 0 Å². The smallest absolute Gasteiger partial charge is 0.0639 e. The molecule has 0 bridgehead atoms. The number of fused-ring (bicyclic) bond motifs is 1. The molecule has 1 aromatic heterocycles. The Morgan fingerprint density at radius 3 is 2.80 bits per heavy atom. The highest BCUT2D eigenvalue weighted by Gasteiger charge is 2.23. The molecule has 3 heteroatoms. The van der Waals surface area contributed by atoms with Gasteiger partial charge in [0.2, 0.25) is 0 Å². The van der Waals surface area contributed by atoms with Crippen molar-refractivity contribution in [2.45, 2.75) is 38.7 Å². The third-order valence-corrected chi connectivity index (χ3v) is 4.42. The summed E-state index contributed by atoms with van der Waals surface area (Å²) in [5, 5.41) is 10.9. The summed E-state index contributed by atoms with van der Waals surface area (Å²) >= 11 is 0. The molecule has 2 N–H and O–H groups in total. The number of aromatic amines is 1. The van der Waals surface area contributed by atoms with Crippen molar-refractivity contribution >= 4 is 10.9 Å². The van der Waals surface area contributed by atoms with E-state index >= 15 is 0 Å². The Kier molecular flexibility index (Phi) is 3.81. The number of benzene rings is 1. The van der Waals surface area contributed by atoms with Crippen molar-refractivity contribution in [3.63, 3.8) is 0 Å². The monoisotopic (exact) mass is 272 g/mol. The molecule has 1 saturated heterocycles. The fraction of sp³-hybridized carbons (Fsp3) is 0.529. The average molecular weight is 272 g/mol. The first-order valence-electron chi connectivity index (χ1n) is 7.61. The molecule has 3 nitrogen and oxygen atoms in total. The van der Waals surface area contributed by atoms with E-state index in [-0.39, 0.29) is 6.10 Å². The second kappa shape index (κ2) is 5.58. The zero-order valence-corrected chi connectivity index (χ0v) is 12.4. The molecule has 0 spiro atoms. The number of aryl methyl sites for hydroxylation is 1. The molecule has 20 heavy (non-hydrogen) atoms. The van der Waals surface area contributed by atoms with Crippen molar-refractivity contribution in [2.75, 3.05) is 19.6 Å². The molecule has 2 aromatic rings. The van der Waals surface area contributed by atoms with Crippen LogP contribution in [0.1, 0.15) is 36.8 Å². The molecule has 3 rings (SSSR count). The van der Waals surface area contributed by atoms with Crippen molar-refractivity contribution in [2.24, 2.45) is 0 Å². The fourth-order valence-electron chi connectivity index (χ4n) is 3.39. The molecule has 0 amide bonds. The molecule has 1 atom stereocenters. The number of likely N-dealkylation sites (tertiary alicyclic amines) is 1. The number of nitrogens with one attached hydrogen (secondary N) is 1. The molecule has 0 aliphatic carbocycles. The standard InChI is InChI=1S/C17H24N2O/c1-12-3-4-17-15(9-12)16(10-18-17)14-5-7-19(8-6-14)11-13(2)20/h3-4,9-10,13-14,18,20H,5-8,11H2,1-2H3. The lowest BCUT2D eigenvalue weighted by Gasteiger charge is -2.32. The van der Waals surface area contributed by atoms with Gasteiger partial charge in [-0.2, -0.15) is 0 Å². The summed E-state index contributed by atoms with van der Waals surface area (Å²) in [5.41, 5.74) is 4.04. The van der Waals surface area contributed by atoms with E-state index in [4.69, 9.17) is 0 Å². The first-order chi connectivity index (χ1) is 9.63. The van der Waals surface area contributed by atoms with Gasteiger partial charge in [0.05, 0.1) is 6.10 Å². The second-order valence-corrected chi connectivity index (χ2v) is 6.22. The normalized spacial score (nSPS) is 19.6. The van der Waals surface area contributed by atoms with Crippen LogP contribution in [0.3, 0.4) is 0 Å². The number of nitrogens with zero attached hydrogens (tertiary/aromatic N) is 1. The molecule has 1 unspecified atom stereocenters. The van der Waals surface area contributed by atoms with Crippen LogP contribution in [0.15, 0.2) is 24.4 Å². The summed E-state index contributed by atoms with van der Waals surface area (Å²) in [4.78, 5) is 5.78. The molecular formula is C17H24N2O. The number of β-amino-alcohol motifs (C(OH)–C–C–N with tert-alkyl or cyclic N) is 1. The van der Waals surface area contributed by atoms with Gasteiger partial charge in [0.25, 0.3) is 0 Å². The van der Waals surface area contributed by atoms with Gasteiger partial charge in [0.1, 0.15) is 0 Å². The van der Waals surface area contributed by atoms with E-state index in [9.17, 15) is 5.11 Å². The van der Waals surface area contributed by atoms with E-state index in [0.29, 0.717) is 5.92 Å². The summed E-state index contributed by atoms with van der Waals surface area (Å²) in [5.74, 6) is 0.649. The molecule has 1 aromatic carbocycles. The summed E-state index contributed by atoms with van der Waals surface area (Å²) in [7, 11) is 0. The van der Waals surface area contributed by atoms with Gasteiger partial charge in [-0.15, -0.1) is 0 Å². The number of piperidine rings is 1. The summed E-state index contributed by atoms with van der Waals surface area (Å²) < 4.78 is 0. The van der Waals surface area contributed by atoms with E-state index in [2.05, 4.69) is 41.2 Å². The third kappa shape index (κ3) is 2.74. The predicted molar refractivity (Wildman–Crippen MR) is 83.1 cm³/mol. The van der Waals surface area contributed by atoms with Crippen LogP contribution < -0.4 is 0 Å². The first kappa shape index (κ1) is 13.7. The average Bonchev–Trinajstić information content (AvgIpc) is 2.82. The first-order valence-corrected chi connectivity index (χ1v) is 7.61. The molecule has 1 aliphatic heterocycles. The lowest BCUT2D eigenvalue weighted by atomic mass is 9.89. The summed E-state index contributed by atoms with van der Waals surface area (Å²) in [6.45, 7) is 7.01. The van der Waals surface area contributed by atoms with Crippen LogP contribution in [0, 0.1) is 6.92 Å². The summed E-state index contributed by atoms with van der Waals surface area (Å²) in [6.07, 6.45) is 4.35. The zero-order valence-electron chi connectivity index (χ0n) is 12.4. The fourth-order valence-corrected chi connectivity index (χ4v) is 3.39. The van der Waals surface area contributed by atoms with E-state index in [0.717, 1.165) is 19.6 Å². The number of aliphatic hydroxyl groups excluding tert-OH is 1. The van der Waals surface area contributed by atoms with Crippen LogP contribution in [0.5, 0.6) is 0 Å². The van der Waals surface area contributed by atoms with Crippen LogP contribution in [0.25, 0.3) is 10.9 Å².